The SMILES string of the molecule is O=C(Nc1ccc(F)cc1)c1ccnc(N2CCN(c3ccccc3F)CC2)c1. The number of piperazine rings is 1. The minimum atomic E-state index is -0.358. The Morgan fingerprint density at radius 1 is 0.897 bits per heavy atom. The predicted molar refractivity (Wildman–Crippen MR) is 109 cm³/mol. The van der Waals surface area contributed by atoms with Crippen LogP contribution in [0.1, 0.15) is 10.4 Å². The number of anilines is 3. The van der Waals surface area contributed by atoms with Gasteiger partial charge < -0.3 is 15.1 Å². The van der Waals surface area contributed by atoms with Crippen LogP contribution in [0.3, 0.4) is 0 Å². The third-order valence-electron chi connectivity index (χ3n) is 4.91. The monoisotopic (exact) mass is 394 g/mol. The number of rotatable bonds is 4. The summed E-state index contributed by atoms with van der Waals surface area (Å²) in [6.07, 6.45) is 1.60. The van der Waals surface area contributed by atoms with Crippen molar-refractivity contribution < 1.29 is 13.6 Å². The Labute approximate surface area is 167 Å². The molecule has 29 heavy (non-hydrogen) atoms. The van der Waals surface area contributed by atoms with E-state index in [1.54, 1.807) is 30.5 Å². The van der Waals surface area contributed by atoms with Crippen LogP contribution in [0.5, 0.6) is 0 Å². The molecule has 7 heteroatoms. The van der Waals surface area contributed by atoms with Gasteiger partial charge in [-0.05, 0) is 48.5 Å². The number of hydrogen-bond donors (Lipinski definition) is 1. The quantitative estimate of drug-likeness (QED) is 0.728. The van der Waals surface area contributed by atoms with E-state index in [1.165, 1.54) is 30.3 Å². The second-order valence-corrected chi connectivity index (χ2v) is 6.79. The summed E-state index contributed by atoms with van der Waals surface area (Å²) < 4.78 is 27.0. The van der Waals surface area contributed by atoms with Crippen molar-refractivity contribution in [3.05, 3.63) is 84.1 Å². The lowest BCUT2D eigenvalue weighted by molar-refractivity contribution is 0.102. The molecule has 0 spiro atoms. The van der Waals surface area contributed by atoms with E-state index in [0.717, 1.165) is 0 Å². The first-order chi connectivity index (χ1) is 14.1. The molecule has 2 heterocycles. The summed E-state index contributed by atoms with van der Waals surface area (Å²) in [7, 11) is 0. The smallest absolute Gasteiger partial charge is 0.255 e. The molecule has 1 amide bonds. The second kappa shape index (κ2) is 8.26. The zero-order valence-electron chi connectivity index (χ0n) is 15.7. The molecule has 0 unspecified atom stereocenters. The maximum atomic E-state index is 14.0. The number of para-hydroxylation sites is 1. The highest BCUT2D eigenvalue weighted by Crippen LogP contribution is 2.22. The molecule has 148 valence electrons. The van der Waals surface area contributed by atoms with Gasteiger partial charge in [0.25, 0.3) is 5.91 Å². The number of amides is 1. The number of pyridine rings is 1. The molecular formula is C22H20F2N4O. The molecule has 0 atom stereocenters. The first-order valence-corrected chi connectivity index (χ1v) is 9.37. The summed E-state index contributed by atoms with van der Waals surface area (Å²) in [5.74, 6) is -0.169. The molecule has 1 saturated heterocycles. The van der Waals surface area contributed by atoms with Gasteiger partial charge in [-0.1, -0.05) is 12.1 Å². The molecule has 1 aliphatic heterocycles. The van der Waals surface area contributed by atoms with E-state index in [-0.39, 0.29) is 17.5 Å². The zero-order valence-corrected chi connectivity index (χ0v) is 15.7. The molecule has 4 rings (SSSR count). The average Bonchev–Trinajstić information content (AvgIpc) is 2.76. The molecular weight excluding hydrogens is 374 g/mol. The summed E-state index contributed by atoms with van der Waals surface area (Å²) >= 11 is 0. The number of carbonyl (C=O) groups is 1. The minimum Gasteiger partial charge on any atom is -0.366 e. The van der Waals surface area contributed by atoms with Gasteiger partial charge in [-0.25, -0.2) is 13.8 Å². The molecule has 0 saturated carbocycles. The van der Waals surface area contributed by atoms with Gasteiger partial charge in [0.1, 0.15) is 17.5 Å². The van der Waals surface area contributed by atoms with Crippen molar-refractivity contribution in [3.8, 4) is 0 Å². The van der Waals surface area contributed by atoms with Gasteiger partial charge >= 0.3 is 0 Å². The lowest BCUT2D eigenvalue weighted by Crippen LogP contribution is -2.47. The van der Waals surface area contributed by atoms with E-state index < -0.39 is 0 Å². The predicted octanol–water partition coefficient (Wildman–Crippen LogP) is 3.94. The van der Waals surface area contributed by atoms with Crippen molar-refractivity contribution in [2.75, 3.05) is 41.3 Å². The van der Waals surface area contributed by atoms with Gasteiger partial charge in [-0.2, -0.15) is 0 Å². The van der Waals surface area contributed by atoms with Crippen LogP contribution in [0.4, 0.5) is 26.0 Å². The van der Waals surface area contributed by atoms with E-state index in [0.29, 0.717) is 48.9 Å². The van der Waals surface area contributed by atoms with Gasteiger partial charge in [-0.15, -0.1) is 0 Å². The molecule has 5 nitrogen and oxygen atoms in total. The molecule has 2 aromatic carbocycles. The third kappa shape index (κ3) is 4.34. The van der Waals surface area contributed by atoms with Crippen LogP contribution in [0.2, 0.25) is 0 Å². The van der Waals surface area contributed by atoms with Gasteiger partial charge in [0.2, 0.25) is 0 Å². The normalized spacial score (nSPS) is 14.0. The van der Waals surface area contributed by atoms with Crippen molar-refractivity contribution >= 4 is 23.1 Å². The summed E-state index contributed by atoms with van der Waals surface area (Å²) in [5.41, 5.74) is 1.59. The Hall–Kier alpha value is -3.48. The number of nitrogens with one attached hydrogen (secondary N) is 1. The van der Waals surface area contributed by atoms with Crippen LogP contribution in [-0.4, -0.2) is 37.1 Å². The highest BCUT2D eigenvalue weighted by Gasteiger charge is 2.21. The van der Waals surface area contributed by atoms with Crippen molar-refractivity contribution in [3.63, 3.8) is 0 Å². The van der Waals surface area contributed by atoms with E-state index in [2.05, 4.69) is 15.2 Å². The summed E-state index contributed by atoms with van der Waals surface area (Å²) in [6.45, 7) is 2.66. The summed E-state index contributed by atoms with van der Waals surface area (Å²) in [4.78, 5) is 21.0. The molecule has 3 aromatic rings. The zero-order chi connectivity index (χ0) is 20.2. The average molecular weight is 394 g/mol. The largest absolute Gasteiger partial charge is 0.366 e. The van der Waals surface area contributed by atoms with Crippen LogP contribution < -0.4 is 15.1 Å². The second-order valence-electron chi connectivity index (χ2n) is 6.79. The highest BCUT2D eigenvalue weighted by atomic mass is 19.1. The molecule has 0 aliphatic carbocycles. The Kier molecular flexibility index (Phi) is 5.37. The maximum absolute atomic E-state index is 14.0. The fraction of sp³-hybridized carbons (Fsp3) is 0.182. The van der Waals surface area contributed by atoms with Crippen molar-refractivity contribution in [1.82, 2.24) is 4.98 Å². The Bertz CT molecular complexity index is 1000. The minimum absolute atomic E-state index is 0.224. The Morgan fingerprint density at radius 3 is 2.31 bits per heavy atom. The molecule has 0 bridgehead atoms. The first-order valence-electron chi connectivity index (χ1n) is 9.37. The van der Waals surface area contributed by atoms with Crippen molar-refractivity contribution in [2.24, 2.45) is 0 Å². The van der Waals surface area contributed by atoms with Gasteiger partial charge in [0.05, 0.1) is 5.69 Å². The number of aromatic nitrogens is 1. The van der Waals surface area contributed by atoms with E-state index in [1.807, 2.05) is 11.0 Å². The maximum Gasteiger partial charge on any atom is 0.255 e. The Morgan fingerprint density at radius 2 is 1.59 bits per heavy atom. The molecule has 1 fully saturated rings. The summed E-state index contributed by atoms with van der Waals surface area (Å²) in [5, 5.41) is 2.75. The lowest BCUT2D eigenvalue weighted by Gasteiger charge is -2.36. The van der Waals surface area contributed by atoms with Gasteiger partial charge in [0, 0.05) is 43.6 Å². The summed E-state index contributed by atoms with van der Waals surface area (Å²) in [6, 6.07) is 15.7. The number of nitrogens with zero attached hydrogens (tertiary/aromatic N) is 3. The van der Waals surface area contributed by atoms with Crippen LogP contribution >= 0.6 is 0 Å². The first kappa shape index (κ1) is 18.9. The van der Waals surface area contributed by atoms with Gasteiger partial charge in [-0.3, -0.25) is 4.79 Å². The number of carbonyl (C=O) groups excluding carboxylic acids is 1. The van der Waals surface area contributed by atoms with Gasteiger partial charge in [0.15, 0.2) is 0 Å². The topological polar surface area (TPSA) is 48.5 Å². The molecule has 1 N–H and O–H groups in total. The van der Waals surface area contributed by atoms with Crippen LogP contribution in [0, 0.1) is 11.6 Å². The molecule has 1 aromatic heterocycles. The van der Waals surface area contributed by atoms with E-state index in [4.69, 9.17) is 0 Å². The van der Waals surface area contributed by atoms with Crippen LogP contribution in [0.25, 0.3) is 0 Å². The molecule has 0 radical (unpaired) electrons. The van der Waals surface area contributed by atoms with E-state index in [9.17, 15) is 13.6 Å². The third-order valence-corrected chi connectivity index (χ3v) is 4.91. The van der Waals surface area contributed by atoms with Crippen LogP contribution in [-0.2, 0) is 0 Å². The molecule has 1 aliphatic rings. The van der Waals surface area contributed by atoms with Crippen molar-refractivity contribution in [1.29, 1.82) is 0 Å². The number of halogens is 2. The highest BCUT2D eigenvalue weighted by molar-refractivity contribution is 6.04. The number of benzene rings is 2. The fourth-order valence-electron chi connectivity index (χ4n) is 3.35. The van der Waals surface area contributed by atoms with Crippen LogP contribution in [0.15, 0.2) is 66.9 Å². The lowest BCUT2D eigenvalue weighted by atomic mass is 10.2. The van der Waals surface area contributed by atoms with Crippen molar-refractivity contribution in [2.45, 2.75) is 0 Å². The number of hydrogen-bond acceptors (Lipinski definition) is 4. The fourth-order valence-corrected chi connectivity index (χ4v) is 3.35. The Balaban J connectivity index is 1.42. The standard InChI is InChI=1S/C22H20F2N4O/c23-17-5-7-18(8-6-17)26-22(29)16-9-10-25-21(15-16)28-13-11-27(12-14-28)20-4-2-1-3-19(20)24/h1-10,15H,11-14H2,(H,26,29). The van der Waals surface area contributed by atoms with E-state index >= 15 is 0 Å².